The smallest absolute Gasteiger partial charge is 0.290 e. The van der Waals surface area contributed by atoms with E-state index in [2.05, 4.69) is 0 Å². The predicted octanol–water partition coefficient (Wildman–Crippen LogP) is 2.12. The SMILES string of the molecule is CCCCC(=O)[B]C(=O)CCCC. The van der Waals surface area contributed by atoms with Crippen LogP contribution in [0, 0.1) is 0 Å². The number of hydrogen-bond donors (Lipinski definition) is 0. The fraction of sp³-hybridized carbons (Fsp3) is 0.800. The Hall–Kier alpha value is -0.595. The molecule has 0 aliphatic carbocycles. The second-order valence-corrected chi connectivity index (χ2v) is 3.28. The van der Waals surface area contributed by atoms with E-state index in [4.69, 9.17) is 0 Å². The monoisotopic (exact) mass is 181 g/mol. The lowest BCUT2D eigenvalue weighted by atomic mass is 9.65. The third-order valence-electron chi connectivity index (χ3n) is 1.88. The van der Waals surface area contributed by atoms with E-state index in [1.54, 1.807) is 0 Å². The van der Waals surface area contributed by atoms with Crippen LogP contribution in [0.3, 0.4) is 0 Å². The van der Waals surface area contributed by atoms with Gasteiger partial charge in [-0.3, -0.25) is 0 Å². The van der Waals surface area contributed by atoms with Crippen molar-refractivity contribution in [2.75, 3.05) is 0 Å². The molecule has 13 heavy (non-hydrogen) atoms. The molecule has 0 rings (SSSR count). The maximum absolute atomic E-state index is 11.1. The highest BCUT2D eigenvalue weighted by atomic mass is 16.1. The molecular formula is C10H18BO2. The van der Waals surface area contributed by atoms with Crippen LogP contribution in [-0.4, -0.2) is 18.6 Å². The zero-order valence-electron chi connectivity index (χ0n) is 8.64. The average molecular weight is 181 g/mol. The molecule has 0 aliphatic heterocycles. The van der Waals surface area contributed by atoms with Crippen LogP contribution in [-0.2, 0) is 9.59 Å². The molecule has 0 spiro atoms. The van der Waals surface area contributed by atoms with E-state index in [0.29, 0.717) is 12.8 Å². The second kappa shape index (κ2) is 8.02. The topological polar surface area (TPSA) is 34.1 Å². The second-order valence-electron chi connectivity index (χ2n) is 3.28. The van der Waals surface area contributed by atoms with Crippen LogP contribution in [0.2, 0.25) is 0 Å². The van der Waals surface area contributed by atoms with Crippen molar-refractivity contribution < 1.29 is 9.59 Å². The zero-order chi connectivity index (χ0) is 10.1. The molecule has 0 aromatic heterocycles. The summed E-state index contributed by atoms with van der Waals surface area (Å²) in [6.45, 7) is 4.07. The van der Waals surface area contributed by atoms with Gasteiger partial charge in [0.2, 0.25) is 0 Å². The predicted molar refractivity (Wildman–Crippen MR) is 54.8 cm³/mol. The molecule has 73 valence electrons. The maximum Gasteiger partial charge on any atom is 0.290 e. The van der Waals surface area contributed by atoms with Gasteiger partial charge >= 0.3 is 0 Å². The van der Waals surface area contributed by atoms with Gasteiger partial charge in [-0.1, -0.05) is 26.7 Å². The van der Waals surface area contributed by atoms with E-state index in [9.17, 15) is 9.59 Å². The summed E-state index contributed by atoms with van der Waals surface area (Å²) in [7, 11) is 1.27. The van der Waals surface area contributed by atoms with Crippen molar-refractivity contribution in [3.05, 3.63) is 0 Å². The Morgan fingerprint density at radius 3 is 1.62 bits per heavy atom. The molecule has 0 aromatic carbocycles. The summed E-state index contributed by atoms with van der Waals surface area (Å²) in [5.41, 5.74) is -0.0223. The molecule has 0 bridgehead atoms. The normalized spacial score (nSPS) is 9.69. The molecule has 0 saturated carbocycles. The van der Waals surface area contributed by atoms with E-state index in [1.165, 1.54) is 7.28 Å². The fourth-order valence-corrected chi connectivity index (χ4v) is 1.03. The van der Waals surface area contributed by atoms with Gasteiger partial charge in [0.1, 0.15) is 0 Å². The Kier molecular flexibility index (Phi) is 7.66. The first-order valence-corrected chi connectivity index (χ1v) is 5.11. The van der Waals surface area contributed by atoms with Crippen LogP contribution in [0.15, 0.2) is 0 Å². The molecular weight excluding hydrogens is 163 g/mol. The summed E-state index contributed by atoms with van der Waals surface area (Å²) < 4.78 is 0. The molecule has 1 radical (unpaired) electrons. The van der Waals surface area contributed by atoms with Crippen molar-refractivity contribution in [3.8, 4) is 0 Å². The quantitative estimate of drug-likeness (QED) is 0.537. The fourth-order valence-electron chi connectivity index (χ4n) is 1.03. The van der Waals surface area contributed by atoms with Crippen LogP contribution in [0.4, 0.5) is 0 Å². The van der Waals surface area contributed by atoms with Gasteiger partial charge in [0.05, 0.1) is 11.4 Å². The van der Waals surface area contributed by atoms with E-state index in [-0.39, 0.29) is 11.4 Å². The Bertz CT molecular complexity index is 148. The molecule has 0 unspecified atom stereocenters. The highest BCUT2D eigenvalue weighted by Crippen LogP contribution is 1.98. The van der Waals surface area contributed by atoms with Crippen molar-refractivity contribution in [2.24, 2.45) is 0 Å². The molecule has 0 saturated heterocycles. The van der Waals surface area contributed by atoms with Crippen LogP contribution in [0.5, 0.6) is 0 Å². The van der Waals surface area contributed by atoms with Crippen molar-refractivity contribution in [1.82, 2.24) is 0 Å². The third kappa shape index (κ3) is 7.76. The molecule has 0 aromatic rings. The van der Waals surface area contributed by atoms with Crippen molar-refractivity contribution in [3.63, 3.8) is 0 Å². The number of rotatable bonds is 8. The first-order valence-electron chi connectivity index (χ1n) is 5.11. The summed E-state index contributed by atoms with van der Waals surface area (Å²) in [6.07, 6.45) is 4.82. The molecule has 0 fully saturated rings. The standard InChI is InChI=1S/C10H18BO2/c1-3-5-7-9(12)11-10(13)8-6-4-2/h3-8H2,1-2H3. The van der Waals surface area contributed by atoms with E-state index >= 15 is 0 Å². The molecule has 0 atom stereocenters. The van der Waals surface area contributed by atoms with Gasteiger partial charge in [0.15, 0.2) is 0 Å². The van der Waals surface area contributed by atoms with Gasteiger partial charge in [0.25, 0.3) is 7.28 Å². The summed E-state index contributed by atoms with van der Waals surface area (Å²) in [5.74, 6) is 0. The van der Waals surface area contributed by atoms with Crippen molar-refractivity contribution in [1.29, 1.82) is 0 Å². The largest absolute Gasteiger partial charge is 0.311 e. The number of carbonyl (C=O) groups excluding carboxylic acids is 2. The van der Waals surface area contributed by atoms with E-state index in [1.807, 2.05) is 13.8 Å². The molecule has 0 amide bonds. The van der Waals surface area contributed by atoms with Crippen LogP contribution in [0.25, 0.3) is 0 Å². The first kappa shape index (κ1) is 12.4. The molecule has 2 nitrogen and oxygen atoms in total. The summed E-state index contributed by atoms with van der Waals surface area (Å²) >= 11 is 0. The van der Waals surface area contributed by atoms with Gasteiger partial charge in [-0.15, -0.1) is 0 Å². The number of carbonyl (C=O) groups is 2. The summed E-state index contributed by atoms with van der Waals surface area (Å²) in [5, 5.41) is 0. The van der Waals surface area contributed by atoms with Crippen LogP contribution in [0.1, 0.15) is 52.4 Å². The average Bonchev–Trinajstić information content (AvgIpc) is 2.11. The number of hydrogen-bond acceptors (Lipinski definition) is 2. The Morgan fingerprint density at radius 2 is 1.31 bits per heavy atom. The molecule has 3 heteroatoms. The van der Waals surface area contributed by atoms with Crippen molar-refractivity contribution >= 4 is 18.6 Å². The van der Waals surface area contributed by atoms with Gasteiger partial charge in [0, 0.05) is 0 Å². The van der Waals surface area contributed by atoms with Gasteiger partial charge in [-0.25, -0.2) is 0 Å². The lowest BCUT2D eigenvalue weighted by molar-refractivity contribution is -0.115. The summed E-state index contributed by atoms with van der Waals surface area (Å²) in [4.78, 5) is 22.2. The minimum absolute atomic E-state index is 0.0112. The van der Waals surface area contributed by atoms with Gasteiger partial charge < -0.3 is 9.59 Å². The Labute approximate surface area is 81.3 Å². The number of unbranched alkanes of at least 4 members (excludes halogenated alkanes) is 2. The van der Waals surface area contributed by atoms with Gasteiger partial charge in [-0.2, -0.15) is 0 Å². The van der Waals surface area contributed by atoms with E-state index < -0.39 is 0 Å². The maximum atomic E-state index is 11.1. The third-order valence-corrected chi connectivity index (χ3v) is 1.88. The minimum atomic E-state index is -0.0112. The van der Waals surface area contributed by atoms with Crippen LogP contribution < -0.4 is 0 Å². The highest BCUT2D eigenvalue weighted by Gasteiger charge is 2.10. The summed E-state index contributed by atoms with van der Waals surface area (Å²) in [6, 6.07) is 0. The lowest BCUT2D eigenvalue weighted by Crippen LogP contribution is -2.19. The van der Waals surface area contributed by atoms with Gasteiger partial charge in [-0.05, 0) is 25.7 Å². The first-order chi connectivity index (χ1) is 6.20. The minimum Gasteiger partial charge on any atom is -0.311 e. The van der Waals surface area contributed by atoms with Crippen molar-refractivity contribution in [2.45, 2.75) is 52.4 Å². The molecule has 0 heterocycles. The molecule has 0 N–H and O–H groups in total. The Morgan fingerprint density at radius 1 is 0.923 bits per heavy atom. The van der Waals surface area contributed by atoms with Crippen LogP contribution >= 0.6 is 0 Å². The lowest BCUT2D eigenvalue weighted by Gasteiger charge is -1.97. The molecule has 0 aliphatic rings. The highest BCUT2D eigenvalue weighted by molar-refractivity contribution is 6.97. The Balaban J connectivity index is 3.47. The zero-order valence-corrected chi connectivity index (χ0v) is 8.64. The van der Waals surface area contributed by atoms with E-state index in [0.717, 1.165) is 25.7 Å².